The summed E-state index contributed by atoms with van der Waals surface area (Å²) in [5, 5.41) is 0. The number of esters is 1. The van der Waals surface area contributed by atoms with E-state index in [-0.39, 0.29) is 11.9 Å². The minimum Gasteiger partial charge on any atom is -0.426 e. The minimum atomic E-state index is -0.0504. The highest BCUT2D eigenvalue weighted by Gasteiger charge is 2.33. The highest BCUT2D eigenvalue weighted by atomic mass is 16.5. The van der Waals surface area contributed by atoms with Gasteiger partial charge in [-0.3, -0.25) is 4.79 Å². The summed E-state index contributed by atoms with van der Waals surface area (Å²) in [6, 6.07) is 7.71. The Bertz CT molecular complexity index is 1050. The van der Waals surface area contributed by atoms with Gasteiger partial charge in [-0.1, -0.05) is 117 Å². The van der Waals surface area contributed by atoms with Crippen LogP contribution in [0.15, 0.2) is 36.7 Å². The van der Waals surface area contributed by atoms with E-state index in [1.165, 1.54) is 140 Å². The summed E-state index contributed by atoms with van der Waals surface area (Å²) in [7, 11) is 0. The third-order valence-corrected chi connectivity index (χ3v) is 11.0. The molecule has 1 aromatic carbocycles. The molecular weight excluding hydrogens is 552 g/mol. The van der Waals surface area contributed by atoms with Crippen LogP contribution in [0, 0.1) is 23.7 Å². The van der Waals surface area contributed by atoms with E-state index in [2.05, 4.69) is 23.8 Å². The van der Waals surface area contributed by atoms with Crippen molar-refractivity contribution in [3.8, 4) is 17.1 Å². The van der Waals surface area contributed by atoms with Gasteiger partial charge in [-0.2, -0.15) is 0 Å². The summed E-state index contributed by atoms with van der Waals surface area (Å²) in [5.74, 6) is 4.01. The van der Waals surface area contributed by atoms with E-state index < -0.39 is 0 Å². The number of carbonyl (C=O) groups excluding carboxylic acids is 1. The van der Waals surface area contributed by atoms with Crippen molar-refractivity contribution in [2.45, 2.75) is 168 Å². The zero-order valence-corrected chi connectivity index (χ0v) is 29.0. The van der Waals surface area contributed by atoms with Crippen molar-refractivity contribution < 1.29 is 9.53 Å². The van der Waals surface area contributed by atoms with Gasteiger partial charge in [0.1, 0.15) is 5.75 Å². The topological polar surface area (TPSA) is 52.1 Å². The highest BCUT2D eigenvalue weighted by molar-refractivity contribution is 5.75. The maximum atomic E-state index is 13.0. The van der Waals surface area contributed by atoms with Gasteiger partial charge in [0.05, 0.1) is 5.92 Å². The molecule has 1 heterocycles. The van der Waals surface area contributed by atoms with Crippen molar-refractivity contribution in [3.63, 3.8) is 0 Å². The second-order valence-electron chi connectivity index (χ2n) is 14.5. The first-order valence-corrected chi connectivity index (χ1v) is 19.3. The Morgan fingerprint density at radius 1 is 0.644 bits per heavy atom. The smallest absolute Gasteiger partial charge is 0.314 e. The fourth-order valence-corrected chi connectivity index (χ4v) is 7.96. The summed E-state index contributed by atoms with van der Waals surface area (Å²) in [4.78, 5) is 22.2. The van der Waals surface area contributed by atoms with Crippen LogP contribution in [0.5, 0.6) is 5.75 Å². The number of aryl methyl sites for hydroxylation is 1. The van der Waals surface area contributed by atoms with E-state index in [4.69, 9.17) is 4.74 Å². The molecular formula is C41H64N2O2. The molecule has 2 aliphatic carbocycles. The first kappa shape index (κ1) is 35.6. The van der Waals surface area contributed by atoms with Crippen LogP contribution >= 0.6 is 0 Å². The number of benzene rings is 1. The normalized spacial score (nSPS) is 21.9. The maximum absolute atomic E-state index is 13.0. The van der Waals surface area contributed by atoms with Crippen LogP contribution in [0.1, 0.15) is 167 Å². The first-order valence-electron chi connectivity index (χ1n) is 19.3. The molecule has 1 aromatic heterocycles. The molecule has 2 aromatic rings. The molecule has 4 heteroatoms. The predicted octanol–water partition coefficient (Wildman–Crippen LogP) is 12.1. The first-order chi connectivity index (χ1) is 22.2. The number of hydrogen-bond acceptors (Lipinski definition) is 4. The van der Waals surface area contributed by atoms with Crippen LogP contribution in [-0.4, -0.2) is 15.9 Å². The number of carbonyl (C=O) groups is 1. The van der Waals surface area contributed by atoms with Crippen LogP contribution in [0.25, 0.3) is 11.4 Å². The predicted molar refractivity (Wildman–Crippen MR) is 188 cm³/mol. The van der Waals surface area contributed by atoms with Crippen molar-refractivity contribution in [3.05, 3.63) is 42.2 Å². The average molecular weight is 617 g/mol. The summed E-state index contributed by atoms with van der Waals surface area (Å²) in [5.41, 5.74) is 2.16. The standard InChI is InChI=1S/C41H64N2O2/c1-3-5-7-9-11-13-15-17-33-19-21-35(22-20-33)36-23-25-38(26-24-36)41(44)45-39-29-27-37(28-30-39)40-42-31-34(32-43-40)18-16-14-12-10-8-6-4-2/h27-33,35-36,38H,3-26H2,1-2H3. The fourth-order valence-electron chi connectivity index (χ4n) is 7.96. The van der Waals surface area contributed by atoms with Crippen molar-refractivity contribution in [2.24, 2.45) is 23.7 Å². The van der Waals surface area contributed by atoms with Crippen molar-refractivity contribution in [1.29, 1.82) is 0 Å². The third-order valence-electron chi connectivity index (χ3n) is 11.0. The molecule has 2 aliphatic rings. The van der Waals surface area contributed by atoms with Crippen LogP contribution < -0.4 is 4.74 Å². The van der Waals surface area contributed by atoms with Crippen molar-refractivity contribution >= 4 is 5.97 Å². The Morgan fingerprint density at radius 2 is 1.16 bits per heavy atom. The molecule has 0 bridgehead atoms. The molecule has 0 atom stereocenters. The average Bonchev–Trinajstić information content (AvgIpc) is 3.08. The zero-order valence-electron chi connectivity index (χ0n) is 29.0. The summed E-state index contributed by atoms with van der Waals surface area (Å²) in [6.07, 6.45) is 35.6. The van der Waals surface area contributed by atoms with Gasteiger partial charge in [0.25, 0.3) is 0 Å². The monoisotopic (exact) mass is 616 g/mol. The lowest BCUT2D eigenvalue weighted by atomic mass is 9.68. The molecule has 250 valence electrons. The Balaban J connectivity index is 1.09. The fraction of sp³-hybridized carbons (Fsp3) is 0.732. The summed E-state index contributed by atoms with van der Waals surface area (Å²) in [6.45, 7) is 4.56. The van der Waals surface area contributed by atoms with Crippen LogP contribution in [-0.2, 0) is 11.2 Å². The lowest BCUT2D eigenvalue weighted by Gasteiger charge is -2.37. The minimum absolute atomic E-state index is 0.0433. The number of aromatic nitrogens is 2. The third kappa shape index (κ3) is 12.8. The van der Waals surface area contributed by atoms with Crippen molar-refractivity contribution in [2.75, 3.05) is 0 Å². The van der Waals surface area contributed by atoms with Gasteiger partial charge in [0, 0.05) is 18.0 Å². The second kappa shape index (κ2) is 20.8. The van der Waals surface area contributed by atoms with E-state index in [0.717, 1.165) is 48.4 Å². The second-order valence-corrected chi connectivity index (χ2v) is 14.5. The summed E-state index contributed by atoms with van der Waals surface area (Å²) >= 11 is 0. The molecule has 2 saturated carbocycles. The van der Waals surface area contributed by atoms with E-state index in [0.29, 0.717) is 5.75 Å². The lowest BCUT2D eigenvalue weighted by molar-refractivity contribution is -0.140. The van der Waals surface area contributed by atoms with Gasteiger partial charge < -0.3 is 4.74 Å². The SMILES string of the molecule is CCCCCCCCCc1cnc(-c2ccc(OC(=O)C3CCC(C4CCC(CCCCCCCCC)CC4)CC3)cc2)nc1. The number of hydrogen-bond donors (Lipinski definition) is 0. The molecule has 4 rings (SSSR count). The Kier molecular flexibility index (Phi) is 16.5. The summed E-state index contributed by atoms with van der Waals surface area (Å²) < 4.78 is 5.84. The Morgan fingerprint density at radius 3 is 1.73 bits per heavy atom. The van der Waals surface area contributed by atoms with Gasteiger partial charge in [0.15, 0.2) is 5.82 Å². The van der Waals surface area contributed by atoms with E-state index in [9.17, 15) is 4.79 Å². The molecule has 0 saturated heterocycles. The van der Waals surface area contributed by atoms with Crippen LogP contribution in [0.3, 0.4) is 0 Å². The number of ether oxygens (including phenoxy) is 1. The number of unbranched alkanes of at least 4 members (excludes halogenated alkanes) is 12. The van der Waals surface area contributed by atoms with E-state index in [1.807, 2.05) is 36.7 Å². The van der Waals surface area contributed by atoms with Gasteiger partial charge in [-0.15, -0.1) is 0 Å². The number of rotatable bonds is 20. The molecule has 0 N–H and O–H groups in total. The van der Waals surface area contributed by atoms with Crippen LogP contribution in [0.4, 0.5) is 0 Å². The number of nitrogens with zero attached hydrogens (tertiary/aromatic N) is 2. The quantitative estimate of drug-likeness (QED) is 0.0843. The van der Waals surface area contributed by atoms with E-state index in [1.54, 1.807) is 0 Å². The molecule has 0 aliphatic heterocycles. The van der Waals surface area contributed by atoms with Crippen LogP contribution in [0.2, 0.25) is 0 Å². The molecule has 0 amide bonds. The molecule has 0 radical (unpaired) electrons. The van der Waals surface area contributed by atoms with Gasteiger partial charge in [-0.05, 0) is 98.9 Å². The maximum Gasteiger partial charge on any atom is 0.314 e. The molecule has 45 heavy (non-hydrogen) atoms. The van der Waals surface area contributed by atoms with Gasteiger partial charge >= 0.3 is 5.97 Å². The Hall–Kier alpha value is -2.23. The van der Waals surface area contributed by atoms with E-state index >= 15 is 0 Å². The largest absolute Gasteiger partial charge is 0.426 e. The molecule has 2 fully saturated rings. The van der Waals surface area contributed by atoms with Crippen molar-refractivity contribution in [1.82, 2.24) is 9.97 Å². The Labute approximate surface area is 276 Å². The molecule has 0 spiro atoms. The van der Waals surface area contributed by atoms with Gasteiger partial charge in [0.2, 0.25) is 0 Å². The zero-order chi connectivity index (χ0) is 31.5. The molecule has 4 nitrogen and oxygen atoms in total. The molecule has 0 unspecified atom stereocenters. The lowest BCUT2D eigenvalue weighted by Crippen LogP contribution is -2.30. The van der Waals surface area contributed by atoms with Gasteiger partial charge in [-0.25, -0.2) is 9.97 Å². The highest BCUT2D eigenvalue weighted by Crippen LogP contribution is 2.42.